The Labute approximate surface area is 233 Å². The van der Waals surface area contributed by atoms with Gasteiger partial charge in [-0.15, -0.1) is 0 Å². The maximum absolute atomic E-state index is 15.0. The average molecular weight is 575 g/mol. The van der Waals surface area contributed by atoms with Crippen LogP contribution in [0.4, 0.5) is 17.6 Å². The van der Waals surface area contributed by atoms with Crippen molar-refractivity contribution in [1.29, 1.82) is 5.26 Å². The van der Waals surface area contributed by atoms with Crippen LogP contribution in [0.3, 0.4) is 0 Å². The molecule has 3 amide bonds. The van der Waals surface area contributed by atoms with Gasteiger partial charge in [0, 0.05) is 36.1 Å². The summed E-state index contributed by atoms with van der Waals surface area (Å²) >= 11 is 0. The number of nitrogens with one attached hydrogen (secondary N) is 2. The molecule has 1 unspecified atom stereocenters. The van der Waals surface area contributed by atoms with Crippen LogP contribution in [0, 0.1) is 40.4 Å². The minimum absolute atomic E-state index is 0.0402. The number of amides is 3. The van der Waals surface area contributed by atoms with E-state index in [1.807, 2.05) is 11.4 Å². The molecule has 8 atom stereocenters. The molecule has 0 aromatic carbocycles. The third-order valence-corrected chi connectivity index (χ3v) is 8.73. The Hall–Kier alpha value is -3.82. The van der Waals surface area contributed by atoms with Gasteiger partial charge in [0.05, 0.1) is 11.6 Å². The summed E-state index contributed by atoms with van der Waals surface area (Å²) in [6.45, 7) is 4.56. The Morgan fingerprint density at radius 2 is 1.85 bits per heavy atom. The van der Waals surface area contributed by atoms with E-state index in [9.17, 15) is 37.2 Å². The van der Waals surface area contributed by atoms with Crippen LogP contribution in [0.5, 0.6) is 0 Å². The van der Waals surface area contributed by atoms with Crippen LogP contribution in [-0.2, 0) is 14.4 Å². The van der Waals surface area contributed by atoms with Crippen LogP contribution in [0.2, 0.25) is 0 Å². The summed E-state index contributed by atoms with van der Waals surface area (Å²) in [5, 5.41) is 15.1. The van der Waals surface area contributed by atoms with Gasteiger partial charge in [-0.3, -0.25) is 24.4 Å². The minimum atomic E-state index is -5.22. The summed E-state index contributed by atoms with van der Waals surface area (Å²) in [6, 6.07) is 1.41. The number of aromatic nitrogens is 2. The molecule has 9 nitrogen and oxygen atoms in total. The number of fused-ring (bicyclic) bond motifs is 6. The second-order valence-corrected chi connectivity index (χ2v) is 12.2. The van der Waals surface area contributed by atoms with Crippen molar-refractivity contribution in [1.82, 2.24) is 25.5 Å². The minimum Gasteiger partial charge on any atom is -0.336 e. The van der Waals surface area contributed by atoms with Gasteiger partial charge in [0.1, 0.15) is 24.3 Å². The molecule has 3 aliphatic rings. The van der Waals surface area contributed by atoms with E-state index < -0.39 is 65.4 Å². The highest BCUT2D eigenvalue weighted by Gasteiger charge is 2.63. The molecule has 3 heterocycles. The smallest absolute Gasteiger partial charge is 0.336 e. The van der Waals surface area contributed by atoms with E-state index in [1.165, 1.54) is 38.1 Å². The predicted molar refractivity (Wildman–Crippen MR) is 137 cm³/mol. The molecule has 5 rings (SSSR count). The molecule has 41 heavy (non-hydrogen) atoms. The maximum Gasteiger partial charge on any atom is 0.471 e. The number of hydrogen-bond donors (Lipinski definition) is 2. The fourth-order valence-electron chi connectivity index (χ4n) is 6.94. The van der Waals surface area contributed by atoms with E-state index in [0.717, 1.165) is 0 Å². The van der Waals surface area contributed by atoms with Crippen LogP contribution in [-0.4, -0.2) is 63.6 Å². The number of rotatable bonds is 5. The van der Waals surface area contributed by atoms with Crippen LogP contribution in [0.1, 0.15) is 45.2 Å². The molecule has 0 radical (unpaired) electrons. The Kier molecular flexibility index (Phi) is 7.16. The fraction of sp³-hybridized carbons (Fsp3) is 0.571. The number of alkyl halides is 4. The Bertz CT molecular complexity index is 1410. The van der Waals surface area contributed by atoms with Crippen LogP contribution >= 0.6 is 0 Å². The van der Waals surface area contributed by atoms with Crippen molar-refractivity contribution in [2.24, 2.45) is 29.1 Å². The van der Waals surface area contributed by atoms with Gasteiger partial charge in [0.15, 0.2) is 0 Å². The van der Waals surface area contributed by atoms with Gasteiger partial charge in [-0.2, -0.15) is 18.4 Å². The van der Waals surface area contributed by atoms with Gasteiger partial charge in [0.2, 0.25) is 11.8 Å². The quantitative estimate of drug-likeness (QED) is 0.528. The normalized spacial score (nSPS) is 28.6. The predicted octanol–water partition coefficient (Wildman–Crippen LogP) is 3.22. The molecule has 13 heteroatoms. The zero-order chi connectivity index (χ0) is 29.9. The fourth-order valence-corrected chi connectivity index (χ4v) is 6.94. The summed E-state index contributed by atoms with van der Waals surface area (Å²) < 4.78 is 54.4. The van der Waals surface area contributed by atoms with Crippen LogP contribution in [0.15, 0.2) is 30.7 Å². The lowest BCUT2D eigenvalue weighted by Crippen LogP contribution is -2.60. The molecule has 2 saturated carbocycles. The van der Waals surface area contributed by atoms with Crippen molar-refractivity contribution in [2.45, 2.75) is 64.1 Å². The average Bonchev–Trinajstić information content (AvgIpc) is 3.58. The standard InChI is InChI=1S/C28H30F4N6O3/c1-27(2,3)23(37-26(41)28(30,31)32)25(40)38-12-17-14-7-15(18(29)8-14)20(17)22(38)24(39)36-19(9-33)16-11-34-10-13-5-4-6-35-21(13)16/h4-6,10-11,14-15,17-20,22-23H,7-8,12H2,1-3H3,(H,36,39)(H,37,41)/t14-,15+,17+,18+,19?,20-,22-,23+/m0/s1. The molecule has 2 N–H and O–H groups in total. The number of hydrogen-bond acceptors (Lipinski definition) is 6. The first-order valence-corrected chi connectivity index (χ1v) is 13.4. The molecule has 3 fully saturated rings. The van der Waals surface area contributed by atoms with E-state index in [1.54, 1.807) is 18.3 Å². The number of nitriles is 1. The Morgan fingerprint density at radius 1 is 1.12 bits per heavy atom. The Morgan fingerprint density at radius 3 is 2.51 bits per heavy atom. The van der Waals surface area contributed by atoms with Crippen LogP contribution < -0.4 is 10.6 Å². The second kappa shape index (κ2) is 10.2. The van der Waals surface area contributed by atoms with Crippen molar-refractivity contribution >= 4 is 28.6 Å². The van der Waals surface area contributed by atoms with Crippen molar-refractivity contribution in [3.05, 3.63) is 36.3 Å². The van der Waals surface area contributed by atoms with Crippen molar-refractivity contribution in [2.75, 3.05) is 6.54 Å². The molecular weight excluding hydrogens is 544 g/mol. The molecule has 1 aliphatic heterocycles. The SMILES string of the molecule is CC(C)(C)[C@H](NC(=O)C(F)(F)F)C(=O)N1C[C@@H]2[C@H]3C[C@@H]([C@@H]2[C@H]1C(=O)NC(C#N)c1cncc2cccnc12)[C@H](F)C3. The van der Waals surface area contributed by atoms with E-state index in [4.69, 9.17) is 0 Å². The van der Waals surface area contributed by atoms with E-state index >= 15 is 0 Å². The molecule has 2 bridgehead atoms. The van der Waals surface area contributed by atoms with E-state index in [2.05, 4.69) is 15.3 Å². The lowest BCUT2D eigenvalue weighted by molar-refractivity contribution is -0.176. The molecule has 2 aromatic rings. The molecule has 218 valence electrons. The maximum atomic E-state index is 15.0. The number of pyridine rings is 2. The van der Waals surface area contributed by atoms with Crippen molar-refractivity contribution in [3.63, 3.8) is 0 Å². The third-order valence-electron chi connectivity index (χ3n) is 8.73. The highest BCUT2D eigenvalue weighted by molar-refractivity contribution is 5.95. The summed E-state index contributed by atoms with van der Waals surface area (Å²) in [7, 11) is 0. The van der Waals surface area contributed by atoms with Gasteiger partial charge in [-0.05, 0) is 54.1 Å². The number of carbonyl (C=O) groups excluding carboxylic acids is 3. The van der Waals surface area contributed by atoms with E-state index in [-0.39, 0.29) is 18.4 Å². The highest BCUT2D eigenvalue weighted by Crippen LogP contribution is 2.58. The van der Waals surface area contributed by atoms with Gasteiger partial charge in [-0.25, -0.2) is 4.39 Å². The third kappa shape index (κ3) is 5.08. The second-order valence-electron chi connectivity index (χ2n) is 12.2. The molecule has 2 aliphatic carbocycles. The molecule has 1 saturated heterocycles. The first-order valence-electron chi connectivity index (χ1n) is 13.4. The number of carbonyl (C=O) groups is 3. The summed E-state index contributed by atoms with van der Waals surface area (Å²) in [4.78, 5) is 49.3. The molecule has 2 aromatic heterocycles. The van der Waals surface area contributed by atoms with Gasteiger partial charge in [0.25, 0.3) is 0 Å². The molecular formula is C28H30F4N6O3. The zero-order valence-corrected chi connectivity index (χ0v) is 22.7. The first kappa shape index (κ1) is 28.7. The lowest BCUT2D eigenvalue weighted by atomic mass is 9.77. The first-order chi connectivity index (χ1) is 19.2. The van der Waals surface area contributed by atoms with Crippen molar-refractivity contribution < 1.29 is 31.9 Å². The van der Waals surface area contributed by atoms with Crippen molar-refractivity contribution in [3.8, 4) is 6.07 Å². The monoisotopic (exact) mass is 574 g/mol. The topological polar surface area (TPSA) is 128 Å². The summed E-state index contributed by atoms with van der Waals surface area (Å²) in [5.74, 6) is -5.24. The summed E-state index contributed by atoms with van der Waals surface area (Å²) in [5.41, 5.74) is -0.376. The van der Waals surface area contributed by atoms with Gasteiger partial charge in [-0.1, -0.05) is 20.8 Å². The lowest BCUT2D eigenvalue weighted by Gasteiger charge is -2.37. The summed E-state index contributed by atoms with van der Waals surface area (Å²) in [6.07, 6.45) is -1.05. The number of nitrogens with zero attached hydrogens (tertiary/aromatic N) is 4. The largest absolute Gasteiger partial charge is 0.471 e. The van der Waals surface area contributed by atoms with Gasteiger partial charge >= 0.3 is 12.1 Å². The zero-order valence-electron chi connectivity index (χ0n) is 22.7. The molecule has 0 spiro atoms. The van der Waals surface area contributed by atoms with Crippen LogP contribution in [0.25, 0.3) is 10.9 Å². The van der Waals surface area contributed by atoms with E-state index in [0.29, 0.717) is 29.3 Å². The number of halogens is 4. The Balaban J connectivity index is 1.49. The number of likely N-dealkylation sites (tertiary alicyclic amines) is 1. The highest BCUT2D eigenvalue weighted by atomic mass is 19.4. The van der Waals surface area contributed by atoms with Gasteiger partial charge < -0.3 is 15.5 Å².